The summed E-state index contributed by atoms with van der Waals surface area (Å²) in [4.78, 5) is 27.7. The van der Waals surface area contributed by atoms with Crippen LogP contribution in [0.3, 0.4) is 0 Å². The first-order valence-electron chi connectivity index (χ1n) is 8.57. The monoisotopic (exact) mass is 332 g/mol. The van der Waals surface area contributed by atoms with Crippen molar-refractivity contribution in [3.63, 3.8) is 0 Å². The van der Waals surface area contributed by atoms with Gasteiger partial charge in [0.25, 0.3) is 11.6 Å². The minimum absolute atomic E-state index is 0.0126. The highest BCUT2D eigenvalue weighted by molar-refractivity contribution is 5.96. The molecule has 130 valence electrons. The molecular weight excluding hydrogens is 308 g/mol. The fourth-order valence-electron chi connectivity index (χ4n) is 3.46. The smallest absolute Gasteiger partial charge is 0.293 e. The lowest BCUT2D eigenvalue weighted by molar-refractivity contribution is -0.384. The lowest BCUT2D eigenvalue weighted by Crippen LogP contribution is -2.44. The number of carbonyl (C=O) groups excluding carboxylic acids is 1. The van der Waals surface area contributed by atoms with Gasteiger partial charge in [-0.1, -0.05) is 12.8 Å². The Bertz CT molecular complexity index is 620. The molecule has 7 nitrogen and oxygen atoms in total. The van der Waals surface area contributed by atoms with Gasteiger partial charge < -0.3 is 15.1 Å². The van der Waals surface area contributed by atoms with Crippen molar-refractivity contribution in [1.82, 2.24) is 10.2 Å². The maximum atomic E-state index is 12.4. The second kappa shape index (κ2) is 7.17. The second-order valence-corrected chi connectivity index (χ2v) is 6.71. The van der Waals surface area contributed by atoms with Crippen molar-refractivity contribution < 1.29 is 9.72 Å². The van der Waals surface area contributed by atoms with Gasteiger partial charge in [0.2, 0.25) is 0 Å². The molecule has 7 heteroatoms. The molecular formula is C17H24N4O3. The molecule has 1 aliphatic heterocycles. The summed E-state index contributed by atoms with van der Waals surface area (Å²) >= 11 is 0. The summed E-state index contributed by atoms with van der Waals surface area (Å²) in [6, 6.07) is 5.03. The normalized spacial score (nSPS) is 19.5. The van der Waals surface area contributed by atoms with Crippen LogP contribution in [0.2, 0.25) is 0 Å². The molecule has 1 aromatic carbocycles. The van der Waals surface area contributed by atoms with Crippen LogP contribution in [0.1, 0.15) is 36.0 Å². The number of hydrogen-bond acceptors (Lipinski definition) is 5. The zero-order valence-corrected chi connectivity index (χ0v) is 14.0. The summed E-state index contributed by atoms with van der Waals surface area (Å²) in [5, 5.41) is 14.5. The maximum absolute atomic E-state index is 12.4. The molecule has 1 saturated heterocycles. The summed E-state index contributed by atoms with van der Waals surface area (Å²) in [5.74, 6) is -0.213. The number of carbonyl (C=O) groups is 1. The molecule has 2 fully saturated rings. The van der Waals surface area contributed by atoms with Crippen LogP contribution in [0, 0.1) is 10.1 Å². The van der Waals surface area contributed by atoms with Gasteiger partial charge in [-0.15, -0.1) is 0 Å². The van der Waals surface area contributed by atoms with Crippen LogP contribution in [0.4, 0.5) is 11.4 Å². The SMILES string of the molecule is CN1CCN(c2ccc(C(=O)NC3CCCC3)cc2[N+](=O)[O-])CC1. The third-order valence-electron chi connectivity index (χ3n) is 4.97. The van der Waals surface area contributed by atoms with E-state index in [0.717, 1.165) is 51.9 Å². The van der Waals surface area contributed by atoms with Crippen LogP contribution in [0.15, 0.2) is 18.2 Å². The van der Waals surface area contributed by atoms with Crippen molar-refractivity contribution in [3.8, 4) is 0 Å². The van der Waals surface area contributed by atoms with Crippen molar-refractivity contribution in [2.75, 3.05) is 38.1 Å². The zero-order valence-electron chi connectivity index (χ0n) is 14.0. The van der Waals surface area contributed by atoms with Gasteiger partial charge in [0.05, 0.1) is 4.92 Å². The Morgan fingerprint density at radius 3 is 2.50 bits per heavy atom. The van der Waals surface area contributed by atoms with E-state index in [4.69, 9.17) is 0 Å². The Kier molecular flexibility index (Phi) is 4.99. The third kappa shape index (κ3) is 3.67. The van der Waals surface area contributed by atoms with Crippen LogP contribution >= 0.6 is 0 Å². The van der Waals surface area contributed by atoms with Gasteiger partial charge in [0.15, 0.2) is 0 Å². The molecule has 1 aliphatic carbocycles. The van der Waals surface area contributed by atoms with Gasteiger partial charge in [0.1, 0.15) is 5.69 Å². The van der Waals surface area contributed by atoms with Crippen LogP contribution in [-0.4, -0.2) is 55.0 Å². The molecule has 1 heterocycles. The topological polar surface area (TPSA) is 78.7 Å². The lowest BCUT2D eigenvalue weighted by Gasteiger charge is -2.33. The van der Waals surface area contributed by atoms with E-state index in [1.54, 1.807) is 12.1 Å². The lowest BCUT2D eigenvalue weighted by atomic mass is 10.1. The van der Waals surface area contributed by atoms with Gasteiger partial charge in [-0.05, 0) is 32.0 Å². The number of benzene rings is 1. The maximum Gasteiger partial charge on any atom is 0.293 e. The second-order valence-electron chi connectivity index (χ2n) is 6.71. The molecule has 0 atom stereocenters. The quantitative estimate of drug-likeness (QED) is 0.674. The zero-order chi connectivity index (χ0) is 17.1. The van der Waals surface area contributed by atoms with Crippen molar-refractivity contribution >= 4 is 17.3 Å². The molecule has 0 spiro atoms. The number of hydrogen-bond donors (Lipinski definition) is 1. The highest BCUT2D eigenvalue weighted by Crippen LogP contribution is 2.30. The molecule has 0 radical (unpaired) electrons. The largest absolute Gasteiger partial charge is 0.363 e. The number of nitrogens with zero attached hydrogens (tertiary/aromatic N) is 3. The van der Waals surface area contributed by atoms with E-state index in [2.05, 4.69) is 10.2 Å². The van der Waals surface area contributed by atoms with Gasteiger partial charge in [-0.3, -0.25) is 14.9 Å². The Morgan fingerprint density at radius 2 is 1.88 bits per heavy atom. The number of anilines is 1. The molecule has 1 saturated carbocycles. The predicted octanol–water partition coefficient (Wildman–Crippen LogP) is 2.02. The van der Waals surface area contributed by atoms with E-state index in [-0.39, 0.29) is 22.6 Å². The highest BCUT2D eigenvalue weighted by atomic mass is 16.6. The Morgan fingerprint density at radius 1 is 1.21 bits per heavy atom. The van der Waals surface area contributed by atoms with E-state index < -0.39 is 0 Å². The Labute approximate surface area is 141 Å². The molecule has 0 unspecified atom stereocenters. The standard InChI is InChI=1S/C17H24N4O3/c1-19-8-10-20(11-9-19)15-7-6-13(12-16(15)21(23)24)17(22)18-14-4-2-3-5-14/h6-7,12,14H,2-5,8-11H2,1H3,(H,18,22). The average molecular weight is 332 g/mol. The summed E-state index contributed by atoms with van der Waals surface area (Å²) in [7, 11) is 2.04. The van der Waals surface area contributed by atoms with Gasteiger partial charge >= 0.3 is 0 Å². The number of amides is 1. The number of nitro groups is 1. The Hall–Kier alpha value is -2.15. The van der Waals surface area contributed by atoms with Crippen molar-refractivity contribution in [1.29, 1.82) is 0 Å². The third-order valence-corrected chi connectivity index (χ3v) is 4.97. The summed E-state index contributed by atoms with van der Waals surface area (Å²) in [5.41, 5.74) is 0.982. The van der Waals surface area contributed by atoms with Gasteiger partial charge in [-0.2, -0.15) is 0 Å². The summed E-state index contributed by atoms with van der Waals surface area (Å²) in [6.07, 6.45) is 4.25. The molecule has 1 amide bonds. The fourth-order valence-corrected chi connectivity index (χ4v) is 3.46. The van der Waals surface area contributed by atoms with Crippen molar-refractivity contribution in [2.45, 2.75) is 31.7 Å². The minimum Gasteiger partial charge on any atom is -0.363 e. The molecule has 1 N–H and O–H groups in total. The molecule has 2 aliphatic rings. The molecule has 3 rings (SSSR count). The van der Waals surface area contributed by atoms with Crippen LogP contribution < -0.4 is 10.2 Å². The molecule has 24 heavy (non-hydrogen) atoms. The van der Waals surface area contributed by atoms with Crippen LogP contribution in [-0.2, 0) is 0 Å². The van der Waals surface area contributed by atoms with Gasteiger partial charge in [0, 0.05) is 43.9 Å². The first-order chi connectivity index (χ1) is 11.5. The van der Waals surface area contributed by atoms with E-state index in [9.17, 15) is 14.9 Å². The van der Waals surface area contributed by atoms with E-state index >= 15 is 0 Å². The molecule has 0 bridgehead atoms. The highest BCUT2D eigenvalue weighted by Gasteiger charge is 2.25. The average Bonchev–Trinajstić information content (AvgIpc) is 3.08. The molecule has 0 aromatic heterocycles. The summed E-state index contributed by atoms with van der Waals surface area (Å²) in [6.45, 7) is 3.26. The van der Waals surface area contributed by atoms with Crippen molar-refractivity contribution in [3.05, 3.63) is 33.9 Å². The predicted molar refractivity (Wildman–Crippen MR) is 92.5 cm³/mol. The van der Waals surface area contributed by atoms with Crippen LogP contribution in [0.5, 0.6) is 0 Å². The summed E-state index contributed by atoms with van der Waals surface area (Å²) < 4.78 is 0. The number of likely N-dealkylation sites (N-methyl/N-ethyl adjacent to an activating group) is 1. The molecule has 1 aromatic rings. The number of nitrogens with one attached hydrogen (secondary N) is 1. The number of nitro benzene ring substituents is 1. The minimum atomic E-state index is -0.389. The Balaban J connectivity index is 1.79. The van der Waals surface area contributed by atoms with Crippen LogP contribution in [0.25, 0.3) is 0 Å². The number of rotatable bonds is 4. The first-order valence-corrected chi connectivity index (χ1v) is 8.57. The van der Waals surface area contributed by atoms with Gasteiger partial charge in [-0.25, -0.2) is 0 Å². The van der Waals surface area contributed by atoms with E-state index in [1.165, 1.54) is 6.07 Å². The number of piperazine rings is 1. The fraction of sp³-hybridized carbons (Fsp3) is 0.588. The van der Waals surface area contributed by atoms with Crippen molar-refractivity contribution in [2.24, 2.45) is 0 Å². The van der Waals surface area contributed by atoms with E-state index in [0.29, 0.717) is 11.3 Å². The first kappa shape index (κ1) is 16.7. The van der Waals surface area contributed by atoms with E-state index in [1.807, 2.05) is 11.9 Å².